The van der Waals surface area contributed by atoms with Crippen LogP contribution in [-0.2, 0) is 0 Å². The van der Waals surface area contributed by atoms with Gasteiger partial charge in [0.05, 0.1) is 0 Å². The minimum atomic E-state index is -1.88. The van der Waals surface area contributed by atoms with Crippen molar-refractivity contribution in [2.24, 2.45) is 0 Å². The van der Waals surface area contributed by atoms with Gasteiger partial charge in [-0.1, -0.05) is 97.1 Å². The number of aromatic nitrogens is 8. The molecule has 2 aliphatic rings. The second-order valence-electron chi connectivity index (χ2n) is 9.93. The van der Waals surface area contributed by atoms with Crippen LogP contribution in [0.1, 0.15) is 0 Å². The predicted molar refractivity (Wildman–Crippen MR) is 169 cm³/mol. The Labute approximate surface area is 250 Å². The zero-order chi connectivity index (χ0) is 28.9. The van der Waals surface area contributed by atoms with Gasteiger partial charge in [0.1, 0.15) is 22.6 Å². The number of hydrogen-bond acceptors (Lipinski definition) is 8. The van der Waals surface area contributed by atoms with E-state index in [0.29, 0.717) is 45.9 Å². The molecule has 10 nitrogen and oxygen atoms in total. The molecule has 0 aliphatic carbocycles. The smallest absolute Gasteiger partial charge is 0.164 e. The first kappa shape index (κ1) is 25.4. The van der Waals surface area contributed by atoms with E-state index in [1.807, 2.05) is 97.1 Å². The molecule has 3 aromatic heterocycles. The molecule has 5 heterocycles. The summed E-state index contributed by atoms with van der Waals surface area (Å²) in [6, 6.07) is 32.2. The summed E-state index contributed by atoms with van der Waals surface area (Å²) in [5, 5.41) is 3.82. The Bertz CT molecular complexity index is 2060. The van der Waals surface area contributed by atoms with Crippen LogP contribution in [0.25, 0.3) is 89.7 Å². The molecule has 43 heavy (non-hydrogen) atoms. The van der Waals surface area contributed by atoms with Crippen molar-refractivity contribution in [3.63, 3.8) is 0 Å². The third-order valence-electron chi connectivity index (χ3n) is 7.46. The number of nitrogens with zero attached hydrogens (tertiary/aromatic N) is 6. The summed E-state index contributed by atoms with van der Waals surface area (Å²) in [6.07, 6.45) is 0. The average molecular weight is 623 g/mol. The number of H-pyrrole nitrogens is 2. The summed E-state index contributed by atoms with van der Waals surface area (Å²) < 4.78 is 14.6. The van der Waals surface area contributed by atoms with E-state index in [1.54, 1.807) is 0 Å². The van der Waals surface area contributed by atoms with E-state index in [0.717, 1.165) is 43.8 Å². The molecule has 206 valence electrons. The fraction of sp³-hybridized carbons (Fsp3) is 0. The Morgan fingerprint density at radius 2 is 0.605 bits per heavy atom. The van der Waals surface area contributed by atoms with Crippen LogP contribution in [0.2, 0.25) is 0 Å². The minimum absolute atomic E-state index is 0.597. The largest absolute Gasteiger partial charge is 0.324 e. The molecule has 9 rings (SSSR count). The molecule has 7 aromatic rings. The van der Waals surface area contributed by atoms with Crippen molar-refractivity contribution in [1.29, 1.82) is 0 Å². The van der Waals surface area contributed by atoms with Crippen LogP contribution in [0.5, 0.6) is 0 Å². The first-order valence-electron chi connectivity index (χ1n) is 13.6. The summed E-state index contributed by atoms with van der Waals surface area (Å²) in [7, 11) is 0. The first-order valence-corrected chi connectivity index (χ1v) is 16.3. The van der Waals surface area contributed by atoms with Crippen molar-refractivity contribution >= 4 is 60.2 Å². The Morgan fingerprint density at radius 3 is 0.860 bits per heavy atom. The Morgan fingerprint density at radius 1 is 0.372 bits per heavy atom. The maximum absolute atomic E-state index is 7.31. The maximum Gasteiger partial charge on any atom is 0.164 e. The van der Waals surface area contributed by atoms with Crippen molar-refractivity contribution in [3.05, 3.63) is 97.1 Å². The van der Waals surface area contributed by atoms with E-state index in [4.69, 9.17) is 38.2 Å². The van der Waals surface area contributed by atoms with E-state index in [2.05, 4.69) is 9.97 Å². The third kappa shape index (κ3) is 4.19. The number of benzene rings is 4. The fourth-order valence-electron chi connectivity index (χ4n) is 5.59. The second-order valence-corrected chi connectivity index (χ2v) is 10.5. The molecule has 0 radical (unpaired) electrons. The molecule has 4 aromatic carbocycles. The summed E-state index contributed by atoms with van der Waals surface area (Å²) in [6.45, 7) is 0. The molecule has 2 aliphatic heterocycles. The van der Waals surface area contributed by atoms with Gasteiger partial charge in [-0.25, -0.2) is 29.9 Å². The standard InChI is InChI=1S/C32H18N8.GeH4O2/c1-2-10-18-17(9-1)25-33-26(18)38-28-21-13-5-6-14-22(21)30(35-28)40-32-24-16-8-7-15-23(24)31(36-32)39-29-20-12-4-3-11-19(20)27(34-29)37-25;2-1-3/h1-16H,(H2,33,34,35,36,37,38,39,40);2-3H,1H2. The molecule has 0 saturated carbocycles. The topological polar surface area (TPSA) is 149 Å². The summed E-state index contributed by atoms with van der Waals surface area (Å²) in [4.78, 5) is 36.8. The molecular weight excluding hydrogens is 601 g/mol. The van der Waals surface area contributed by atoms with Gasteiger partial charge >= 0.3 is 24.4 Å². The van der Waals surface area contributed by atoms with Crippen LogP contribution in [0.4, 0.5) is 0 Å². The van der Waals surface area contributed by atoms with E-state index in [1.165, 1.54) is 0 Å². The zero-order valence-corrected chi connectivity index (χ0v) is 25.5. The van der Waals surface area contributed by atoms with Gasteiger partial charge < -0.3 is 9.97 Å². The van der Waals surface area contributed by atoms with Crippen LogP contribution < -0.4 is 0 Å². The van der Waals surface area contributed by atoms with Gasteiger partial charge in [-0.3, -0.25) is 0 Å². The van der Waals surface area contributed by atoms with Crippen molar-refractivity contribution in [3.8, 4) is 45.6 Å². The van der Waals surface area contributed by atoms with Crippen LogP contribution in [0.15, 0.2) is 97.1 Å². The van der Waals surface area contributed by atoms with Crippen LogP contribution in [-0.4, -0.2) is 64.2 Å². The van der Waals surface area contributed by atoms with Crippen molar-refractivity contribution in [2.45, 2.75) is 0 Å². The van der Waals surface area contributed by atoms with Gasteiger partial charge in [0.15, 0.2) is 23.3 Å². The Kier molecular flexibility index (Phi) is 6.03. The minimum Gasteiger partial charge on any atom is -0.324 e. The Balaban J connectivity index is 0.000000892. The molecule has 0 amide bonds. The van der Waals surface area contributed by atoms with Gasteiger partial charge in [0.25, 0.3) is 0 Å². The number of fused-ring (bicyclic) bond motifs is 20. The van der Waals surface area contributed by atoms with Crippen molar-refractivity contribution in [2.75, 3.05) is 0 Å². The number of nitrogens with one attached hydrogen (secondary N) is 2. The molecule has 0 spiro atoms. The summed E-state index contributed by atoms with van der Waals surface area (Å²) in [5.41, 5.74) is 6.45. The van der Waals surface area contributed by atoms with Gasteiger partial charge in [0.2, 0.25) is 0 Å². The van der Waals surface area contributed by atoms with E-state index < -0.39 is 16.1 Å². The zero-order valence-electron chi connectivity index (χ0n) is 22.5. The quantitative estimate of drug-likeness (QED) is 0.176. The van der Waals surface area contributed by atoms with Gasteiger partial charge in [-0.2, -0.15) is 0 Å². The normalized spacial score (nSPS) is 11.6. The van der Waals surface area contributed by atoms with Gasteiger partial charge in [-0.05, 0) is 0 Å². The fourth-order valence-corrected chi connectivity index (χ4v) is 5.59. The molecule has 0 fully saturated rings. The second kappa shape index (κ2) is 10.2. The number of rotatable bonds is 0. The van der Waals surface area contributed by atoms with Crippen molar-refractivity contribution < 1.29 is 8.27 Å². The molecule has 11 heteroatoms. The third-order valence-corrected chi connectivity index (χ3v) is 7.46. The van der Waals surface area contributed by atoms with Crippen LogP contribution in [0.3, 0.4) is 0 Å². The molecule has 4 N–H and O–H groups in total. The van der Waals surface area contributed by atoms with Crippen LogP contribution in [0, 0.1) is 0 Å². The molecule has 8 bridgehead atoms. The number of hydrogen-bond donors (Lipinski definition) is 4. The molecule has 0 atom stereocenters. The summed E-state index contributed by atoms with van der Waals surface area (Å²) in [5.74, 6) is 2.39. The average Bonchev–Trinajstić information content (AvgIpc) is 3.77. The van der Waals surface area contributed by atoms with E-state index in [9.17, 15) is 0 Å². The Hall–Kier alpha value is -5.30. The predicted octanol–water partition coefficient (Wildman–Crippen LogP) is 4.84. The molecule has 0 unspecified atom stereocenters. The number of aromatic amines is 2. The monoisotopic (exact) mass is 624 g/mol. The molecular formula is C32H22GeN8O2. The molecule has 0 saturated heterocycles. The van der Waals surface area contributed by atoms with E-state index >= 15 is 0 Å². The maximum atomic E-state index is 7.31. The first-order chi connectivity index (χ1) is 21.2. The van der Waals surface area contributed by atoms with E-state index in [-0.39, 0.29) is 0 Å². The van der Waals surface area contributed by atoms with Gasteiger partial charge in [0, 0.05) is 43.8 Å². The van der Waals surface area contributed by atoms with Crippen molar-refractivity contribution in [1.82, 2.24) is 39.9 Å². The summed E-state index contributed by atoms with van der Waals surface area (Å²) >= 11 is -1.88. The van der Waals surface area contributed by atoms with Gasteiger partial charge in [-0.15, -0.1) is 0 Å². The SMILES string of the molecule is [OH][GeH2][OH].c1ccc2c(c1)-c1nc-2nc2[nH]c(nc3nc(nc4[nH]c(n1)c1ccccc41)-c1ccccc1-3)c1ccccc21. The van der Waals surface area contributed by atoms with Crippen LogP contribution >= 0.6 is 0 Å².